The van der Waals surface area contributed by atoms with Gasteiger partial charge < -0.3 is 5.73 Å². The van der Waals surface area contributed by atoms with Crippen LogP contribution in [0.1, 0.15) is 39.4 Å². The molecule has 0 aromatic heterocycles. The van der Waals surface area contributed by atoms with Gasteiger partial charge in [-0.3, -0.25) is 10.1 Å². The van der Waals surface area contributed by atoms with Crippen LogP contribution in [-0.4, -0.2) is 4.92 Å². The van der Waals surface area contributed by atoms with Gasteiger partial charge >= 0.3 is 0 Å². The average Bonchev–Trinajstić information content (AvgIpc) is 2.43. The zero-order chi connectivity index (χ0) is 15.7. The lowest BCUT2D eigenvalue weighted by atomic mass is 9.93. The van der Waals surface area contributed by atoms with Crippen LogP contribution in [0.5, 0.6) is 0 Å². The highest BCUT2D eigenvalue weighted by Gasteiger charge is 2.18. The fraction of sp³-hybridized carbons (Fsp3) is 0.294. The summed E-state index contributed by atoms with van der Waals surface area (Å²) in [6, 6.07) is 9.21. The van der Waals surface area contributed by atoms with E-state index in [1.54, 1.807) is 13.0 Å². The minimum absolute atomic E-state index is 0.129. The first-order valence-corrected chi connectivity index (χ1v) is 6.89. The van der Waals surface area contributed by atoms with Gasteiger partial charge in [-0.05, 0) is 55.5 Å². The molecule has 1 atom stereocenters. The van der Waals surface area contributed by atoms with E-state index in [0.717, 1.165) is 16.7 Å². The zero-order valence-electron chi connectivity index (χ0n) is 12.8. The lowest BCUT2D eigenvalue weighted by Gasteiger charge is -2.16. The van der Waals surface area contributed by atoms with Gasteiger partial charge in [0, 0.05) is 11.6 Å². The van der Waals surface area contributed by atoms with E-state index in [4.69, 9.17) is 5.73 Å². The number of rotatable bonds is 3. The van der Waals surface area contributed by atoms with Crippen molar-refractivity contribution in [1.29, 1.82) is 0 Å². The van der Waals surface area contributed by atoms with Crippen molar-refractivity contribution in [3.8, 4) is 0 Å². The summed E-state index contributed by atoms with van der Waals surface area (Å²) < 4.78 is 0. The van der Waals surface area contributed by atoms with Gasteiger partial charge in [0.25, 0.3) is 5.69 Å². The highest BCUT2D eigenvalue weighted by Crippen LogP contribution is 2.29. The number of hydrogen-bond acceptors (Lipinski definition) is 3. The Balaban J connectivity index is 2.50. The molecule has 2 rings (SSSR count). The third-order valence-corrected chi connectivity index (χ3v) is 4.11. The van der Waals surface area contributed by atoms with Crippen molar-refractivity contribution in [2.75, 3.05) is 0 Å². The molecule has 21 heavy (non-hydrogen) atoms. The summed E-state index contributed by atoms with van der Waals surface area (Å²) in [4.78, 5) is 10.8. The lowest BCUT2D eigenvalue weighted by Crippen LogP contribution is -2.13. The molecule has 2 aromatic carbocycles. The van der Waals surface area contributed by atoms with Crippen LogP contribution in [-0.2, 0) is 0 Å². The predicted molar refractivity (Wildman–Crippen MR) is 84.5 cm³/mol. The number of nitrogens with two attached hydrogens (primary N) is 1. The molecule has 0 saturated heterocycles. The smallest absolute Gasteiger partial charge is 0.272 e. The summed E-state index contributed by atoms with van der Waals surface area (Å²) in [7, 11) is 0. The second kappa shape index (κ2) is 5.66. The molecule has 0 heterocycles. The van der Waals surface area contributed by atoms with Gasteiger partial charge in [0.2, 0.25) is 0 Å². The predicted octanol–water partition coefficient (Wildman–Crippen LogP) is 3.88. The summed E-state index contributed by atoms with van der Waals surface area (Å²) in [6.45, 7) is 7.72. The van der Waals surface area contributed by atoms with Crippen LogP contribution < -0.4 is 5.73 Å². The standard InChI is InChI=1S/C17H20N2O2/c1-10-5-6-14(7-11(10)2)17(18)15-8-12(3)13(4)16(9-15)19(20)21/h5-9,17H,18H2,1-4H3. The van der Waals surface area contributed by atoms with Crippen LogP contribution >= 0.6 is 0 Å². The molecule has 4 nitrogen and oxygen atoms in total. The fourth-order valence-corrected chi connectivity index (χ4v) is 2.39. The monoisotopic (exact) mass is 284 g/mol. The molecule has 4 heteroatoms. The number of benzene rings is 2. The topological polar surface area (TPSA) is 69.2 Å². The van der Waals surface area contributed by atoms with Crippen molar-refractivity contribution >= 4 is 5.69 Å². The Morgan fingerprint density at radius 1 is 0.952 bits per heavy atom. The Morgan fingerprint density at radius 2 is 1.57 bits per heavy atom. The molecule has 0 aliphatic heterocycles. The van der Waals surface area contributed by atoms with Gasteiger partial charge in [-0.15, -0.1) is 0 Å². The third kappa shape index (κ3) is 2.95. The van der Waals surface area contributed by atoms with Gasteiger partial charge in [-0.2, -0.15) is 0 Å². The highest BCUT2D eigenvalue weighted by molar-refractivity contribution is 5.50. The summed E-state index contributed by atoms with van der Waals surface area (Å²) in [5.41, 5.74) is 12.1. The average molecular weight is 284 g/mol. The number of hydrogen-bond donors (Lipinski definition) is 1. The van der Waals surface area contributed by atoms with Crippen molar-refractivity contribution in [3.63, 3.8) is 0 Å². The van der Waals surface area contributed by atoms with Gasteiger partial charge in [0.1, 0.15) is 0 Å². The molecule has 0 amide bonds. The van der Waals surface area contributed by atoms with E-state index in [0.29, 0.717) is 5.56 Å². The first kappa shape index (κ1) is 15.2. The lowest BCUT2D eigenvalue weighted by molar-refractivity contribution is -0.385. The van der Waals surface area contributed by atoms with E-state index < -0.39 is 0 Å². The van der Waals surface area contributed by atoms with Crippen molar-refractivity contribution in [2.45, 2.75) is 33.7 Å². The molecule has 0 radical (unpaired) electrons. The van der Waals surface area contributed by atoms with E-state index in [9.17, 15) is 10.1 Å². The Morgan fingerprint density at radius 3 is 2.14 bits per heavy atom. The number of nitro groups is 1. The van der Waals surface area contributed by atoms with E-state index in [-0.39, 0.29) is 16.7 Å². The van der Waals surface area contributed by atoms with E-state index in [1.165, 1.54) is 11.1 Å². The Bertz CT molecular complexity index is 708. The minimum atomic E-state index is -0.359. The van der Waals surface area contributed by atoms with Crippen LogP contribution in [0.15, 0.2) is 30.3 Å². The molecule has 0 saturated carbocycles. The Labute approximate surface area is 124 Å². The highest BCUT2D eigenvalue weighted by atomic mass is 16.6. The molecule has 0 spiro atoms. The van der Waals surface area contributed by atoms with E-state index in [2.05, 4.69) is 0 Å². The summed E-state index contributed by atoms with van der Waals surface area (Å²) in [6.07, 6.45) is 0. The maximum atomic E-state index is 11.1. The molecule has 0 fully saturated rings. The summed E-state index contributed by atoms with van der Waals surface area (Å²) in [5.74, 6) is 0. The molecule has 0 aliphatic carbocycles. The minimum Gasteiger partial charge on any atom is -0.320 e. The normalized spacial score (nSPS) is 12.2. The van der Waals surface area contributed by atoms with Gasteiger partial charge in [-0.1, -0.05) is 24.3 Å². The zero-order valence-corrected chi connectivity index (χ0v) is 12.8. The second-order valence-electron chi connectivity index (χ2n) is 5.56. The van der Waals surface area contributed by atoms with Crippen molar-refractivity contribution in [2.24, 2.45) is 5.73 Å². The maximum absolute atomic E-state index is 11.1. The van der Waals surface area contributed by atoms with Gasteiger partial charge in [0.15, 0.2) is 0 Å². The van der Waals surface area contributed by atoms with Crippen molar-refractivity contribution in [3.05, 3.63) is 73.8 Å². The number of aryl methyl sites for hydroxylation is 3. The third-order valence-electron chi connectivity index (χ3n) is 4.11. The first-order chi connectivity index (χ1) is 9.81. The molecule has 110 valence electrons. The molecular formula is C17H20N2O2. The van der Waals surface area contributed by atoms with Crippen LogP contribution in [0.25, 0.3) is 0 Å². The Kier molecular flexibility index (Phi) is 4.09. The maximum Gasteiger partial charge on any atom is 0.272 e. The molecule has 2 aromatic rings. The molecule has 2 N–H and O–H groups in total. The summed E-state index contributed by atoms with van der Waals surface area (Å²) in [5, 5.41) is 11.1. The SMILES string of the molecule is Cc1ccc(C(N)c2cc(C)c(C)c([N+](=O)[O-])c2)cc1C. The first-order valence-electron chi connectivity index (χ1n) is 6.89. The van der Waals surface area contributed by atoms with Gasteiger partial charge in [0.05, 0.1) is 11.0 Å². The summed E-state index contributed by atoms with van der Waals surface area (Å²) >= 11 is 0. The fourth-order valence-electron chi connectivity index (χ4n) is 2.39. The van der Waals surface area contributed by atoms with E-state index >= 15 is 0 Å². The second-order valence-corrected chi connectivity index (χ2v) is 5.56. The number of nitro benzene ring substituents is 1. The molecule has 0 bridgehead atoms. The molecule has 1 unspecified atom stereocenters. The van der Waals surface area contributed by atoms with Crippen LogP contribution in [0.4, 0.5) is 5.69 Å². The molecule has 0 aliphatic rings. The number of nitrogens with zero attached hydrogens (tertiary/aromatic N) is 1. The largest absolute Gasteiger partial charge is 0.320 e. The van der Waals surface area contributed by atoms with Gasteiger partial charge in [-0.25, -0.2) is 0 Å². The quantitative estimate of drug-likeness (QED) is 0.687. The molecular weight excluding hydrogens is 264 g/mol. The van der Waals surface area contributed by atoms with Crippen molar-refractivity contribution in [1.82, 2.24) is 0 Å². The van der Waals surface area contributed by atoms with Crippen LogP contribution in [0.3, 0.4) is 0 Å². The van der Waals surface area contributed by atoms with Crippen molar-refractivity contribution < 1.29 is 4.92 Å². The van der Waals surface area contributed by atoms with Crippen LogP contribution in [0.2, 0.25) is 0 Å². The van der Waals surface area contributed by atoms with Crippen LogP contribution in [0, 0.1) is 37.8 Å². The van der Waals surface area contributed by atoms with E-state index in [1.807, 2.05) is 45.0 Å². The Hall–Kier alpha value is -2.20.